The van der Waals surface area contributed by atoms with Crippen LogP contribution >= 0.6 is 0 Å². The topological polar surface area (TPSA) is 78.6 Å². The number of anilines is 1. The molecule has 0 saturated heterocycles. The van der Waals surface area contributed by atoms with E-state index < -0.39 is 0 Å². The van der Waals surface area contributed by atoms with Gasteiger partial charge in [0.1, 0.15) is 0 Å². The number of rotatable bonds is 2. The van der Waals surface area contributed by atoms with E-state index in [1.165, 1.54) is 27.8 Å². The van der Waals surface area contributed by atoms with Crippen LogP contribution in [0.25, 0.3) is 0 Å². The summed E-state index contributed by atoms with van der Waals surface area (Å²) in [7, 11) is 0. The fourth-order valence-corrected chi connectivity index (χ4v) is 5.29. The molecular formula is C20H21N3O3. The molecule has 4 aliphatic rings. The number of carbonyl (C=O) groups excluding carboxylic acids is 1. The van der Waals surface area contributed by atoms with Crippen LogP contribution in [0.3, 0.4) is 0 Å². The molecule has 4 unspecified atom stereocenters. The Labute approximate surface area is 151 Å². The van der Waals surface area contributed by atoms with Crippen LogP contribution in [0.1, 0.15) is 50.2 Å². The molecule has 2 aromatic rings. The van der Waals surface area contributed by atoms with Crippen LogP contribution in [0.15, 0.2) is 35.7 Å². The summed E-state index contributed by atoms with van der Waals surface area (Å²) in [5.41, 5.74) is 4.74. The maximum Gasteiger partial charge on any atom is 0.243 e. The van der Waals surface area contributed by atoms with Gasteiger partial charge >= 0.3 is 0 Å². The highest BCUT2D eigenvalue weighted by atomic mass is 16.3. The Hall–Kier alpha value is -2.76. The number of allylic oxidation sites excluding steroid dienone is 2. The Kier molecular flexibility index (Phi) is 2.92. The van der Waals surface area contributed by atoms with Crippen molar-refractivity contribution in [3.8, 4) is 11.8 Å². The summed E-state index contributed by atoms with van der Waals surface area (Å²) >= 11 is 0. The Morgan fingerprint density at radius 1 is 1.08 bits per heavy atom. The molecule has 2 heterocycles. The van der Waals surface area contributed by atoms with Crippen molar-refractivity contribution in [2.24, 2.45) is 11.8 Å². The first kappa shape index (κ1) is 15.5. The van der Waals surface area contributed by atoms with Crippen LogP contribution in [-0.4, -0.2) is 25.8 Å². The SMILES string of the molecule is CC(=O)N(c1ccncc1)n1c(O)c2c(c1O)C1C(C)=C(C)C2C2CC12. The molecule has 6 rings (SSSR count). The molecule has 2 bridgehead atoms. The summed E-state index contributed by atoms with van der Waals surface area (Å²) < 4.78 is 1.26. The molecule has 1 amide bonds. The molecule has 2 aromatic heterocycles. The largest absolute Gasteiger partial charge is 0.493 e. The summed E-state index contributed by atoms with van der Waals surface area (Å²) in [6.45, 7) is 5.67. The molecule has 6 heteroatoms. The van der Waals surface area contributed by atoms with Gasteiger partial charge in [0.25, 0.3) is 0 Å². The summed E-state index contributed by atoms with van der Waals surface area (Å²) in [6.07, 6.45) is 4.30. The summed E-state index contributed by atoms with van der Waals surface area (Å²) in [6, 6.07) is 3.36. The van der Waals surface area contributed by atoms with Gasteiger partial charge in [0.05, 0.1) is 5.69 Å². The molecule has 0 aromatic carbocycles. The zero-order valence-electron chi connectivity index (χ0n) is 15.0. The molecule has 6 nitrogen and oxygen atoms in total. The molecule has 0 spiro atoms. The lowest BCUT2D eigenvalue weighted by molar-refractivity contribution is -0.117. The van der Waals surface area contributed by atoms with Crippen LogP contribution in [0.2, 0.25) is 0 Å². The van der Waals surface area contributed by atoms with Gasteiger partial charge in [-0.25, -0.2) is 5.01 Å². The Morgan fingerprint density at radius 3 is 2.04 bits per heavy atom. The smallest absolute Gasteiger partial charge is 0.243 e. The minimum Gasteiger partial charge on any atom is -0.493 e. The Bertz CT molecular complexity index is 928. The van der Waals surface area contributed by atoms with Crippen LogP contribution < -0.4 is 5.01 Å². The molecule has 2 N–H and O–H groups in total. The summed E-state index contributed by atoms with van der Waals surface area (Å²) in [4.78, 5) is 16.4. The fraction of sp³-hybridized carbons (Fsp3) is 0.400. The second-order valence-electron chi connectivity index (χ2n) is 7.71. The zero-order valence-corrected chi connectivity index (χ0v) is 15.0. The van der Waals surface area contributed by atoms with Crippen molar-refractivity contribution in [3.63, 3.8) is 0 Å². The minimum absolute atomic E-state index is 0.0308. The first-order valence-electron chi connectivity index (χ1n) is 8.98. The van der Waals surface area contributed by atoms with Crippen molar-refractivity contribution in [3.05, 3.63) is 46.8 Å². The lowest BCUT2D eigenvalue weighted by Gasteiger charge is -2.37. The molecule has 1 fully saturated rings. The quantitative estimate of drug-likeness (QED) is 0.814. The van der Waals surface area contributed by atoms with Crippen LogP contribution in [-0.2, 0) is 4.79 Å². The van der Waals surface area contributed by atoms with Crippen molar-refractivity contribution in [2.45, 2.75) is 39.0 Å². The third-order valence-corrected chi connectivity index (χ3v) is 6.50. The van der Waals surface area contributed by atoms with Gasteiger partial charge in [-0.15, -0.1) is 0 Å². The van der Waals surface area contributed by atoms with Crippen molar-refractivity contribution in [1.29, 1.82) is 0 Å². The maximum absolute atomic E-state index is 12.4. The Morgan fingerprint density at radius 2 is 1.58 bits per heavy atom. The number of hydrogen-bond acceptors (Lipinski definition) is 4. The van der Waals surface area contributed by atoms with E-state index >= 15 is 0 Å². The van der Waals surface area contributed by atoms with Crippen LogP contribution in [0.4, 0.5) is 5.69 Å². The van der Waals surface area contributed by atoms with Gasteiger partial charge in [-0.3, -0.25) is 9.78 Å². The lowest BCUT2D eigenvalue weighted by Crippen LogP contribution is -2.33. The third kappa shape index (κ3) is 1.71. The average molecular weight is 351 g/mol. The van der Waals surface area contributed by atoms with E-state index in [0.29, 0.717) is 17.5 Å². The van der Waals surface area contributed by atoms with Gasteiger partial charge in [0, 0.05) is 42.3 Å². The van der Waals surface area contributed by atoms with E-state index in [4.69, 9.17) is 0 Å². The fourth-order valence-electron chi connectivity index (χ4n) is 5.29. The van der Waals surface area contributed by atoms with E-state index in [2.05, 4.69) is 18.8 Å². The van der Waals surface area contributed by atoms with Crippen molar-refractivity contribution < 1.29 is 15.0 Å². The lowest BCUT2D eigenvalue weighted by atomic mass is 9.65. The number of aromatic nitrogens is 2. The second kappa shape index (κ2) is 4.90. The predicted octanol–water partition coefficient (Wildman–Crippen LogP) is 3.28. The number of pyridine rings is 1. The Balaban J connectivity index is 1.74. The molecule has 0 radical (unpaired) electrons. The van der Waals surface area contributed by atoms with Crippen molar-refractivity contribution in [1.82, 2.24) is 9.66 Å². The van der Waals surface area contributed by atoms with Crippen molar-refractivity contribution >= 4 is 11.6 Å². The predicted molar refractivity (Wildman–Crippen MR) is 96.0 cm³/mol. The standard InChI is InChI=1S/C20H21N3O3/c1-9-10(2)16-14-8-13(14)15(9)17-18(16)20(26)23(19(17)25)22(11(3)24)12-4-6-21-7-5-12/h4-7,13-16,25-26H,8H2,1-3H3. The van der Waals surface area contributed by atoms with Gasteiger partial charge in [0.15, 0.2) is 0 Å². The average Bonchev–Trinajstić information content (AvgIpc) is 3.38. The number of aromatic hydroxyl groups is 2. The summed E-state index contributed by atoms with van der Waals surface area (Å²) in [5.74, 6) is 1.01. The van der Waals surface area contributed by atoms with E-state index in [-0.39, 0.29) is 29.5 Å². The molecule has 4 atom stereocenters. The third-order valence-electron chi connectivity index (χ3n) is 6.50. The molecule has 0 aliphatic heterocycles. The molecule has 134 valence electrons. The maximum atomic E-state index is 12.4. The minimum atomic E-state index is -0.298. The first-order chi connectivity index (χ1) is 12.4. The highest BCUT2D eigenvalue weighted by molar-refractivity contribution is 5.91. The van der Waals surface area contributed by atoms with E-state index in [1.54, 1.807) is 24.5 Å². The van der Waals surface area contributed by atoms with Crippen molar-refractivity contribution in [2.75, 3.05) is 5.01 Å². The molecular weight excluding hydrogens is 330 g/mol. The monoisotopic (exact) mass is 351 g/mol. The first-order valence-corrected chi connectivity index (χ1v) is 8.98. The highest BCUT2D eigenvalue weighted by Crippen LogP contribution is 2.71. The van der Waals surface area contributed by atoms with Gasteiger partial charge in [0.2, 0.25) is 17.7 Å². The molecule has 4 aliphatic carbocycles. The number of hydrogen-bond donors (Lipinski definition) is 2. The zero-order chi connectivity index (χ0) is 18.3. The van der Waals surface area contributed by atoms with Gasteiger partial charge in [-0.05, 0) is 44.2 Å². The number of nitrogens with zero attached hydrogens (tertiary/aromatic N) is 3. The van der Waals surface area contributed by atoms with Crippen LogP contribution in [0, 0.1) is 11.8 Å². The number of amides is 1. The summed E-state index contributed by atoms with van der Waals surface area (Å²) in [5, 5.41) is 23.4. The van der Waals surface area contributed by atoms with Gasteiger partial charge in [-0.2, -0.15) is 4.68 Å². The molecule has 1 saturated carbocycles. The molecule has 26 heavy (non-hydrogen) atoms. The number of carbonyl (C=O) groups is 1. The second-order valence-corrected chi connectivity index (χ2v) is 7.71. The highest BCUT2D eigenvalue weighted by Gasteiger charge is 2.60. The normalized spacial score (nSPS) is 28.0. The van der Waals surface area contributed by atoms with Crippen LogP contribution in [0.5, 0.6) is 11.8 Å². The van der Waals surface area contributed by atoms with E-state index in [0.717, 1.165) is 17.5 Å². The van der Waals surface area contributed by atoms with Gasteiger partial charge in [-0.1, -0.05) is 11.1 Å². The van der Waals surface area contributed by atoms with E-state index in [1.807, 2.05) is 0 Å². The van der Waals surface area contributed by atoms with Gasteiger partial charge < -0.3 is 10.2 Å². The van der Waals surface area contributed by atoms with E-state index in [9.17, 15) is 15.0 Å².